The van der Waals surface area contributed by atoms with Crippen LogP contribution < -0.4 is 10.1 Å². The lowest BCUT2D eigenvalue weighted by atomic mass is 9.98. The van der Waals surface area contributed by atoms with E-state index in [1.54, 1.807) is 19.4 Å². The van der Waals surface area contributed by atoms with Crippen molar-refractivity contribution in [3.8, 4) is 16.9 Å². The molecule has 1 amide bonds. The SMILES string of the molecule is COc1ccc(-c2coc3c(C(=O)NC(C)C)cccc23)c(C)c1. The summed E-state index contributed by atoms with van der Waals surface area (Å²) >= 11 is 0. The average molecular weight is 323 g/mol. The van der Waals surface area contributed by atoms with Crippen LogP contribution in [0.25, 0.3) is 22.1 Å². The van der Waals surface area contributed by atoms with Crippen molar-refractivity contribution < 1.29 is 13.9 Å². The highest BCUT2D eigenvalue weighted by Crippen LogP contribution is 2.35. The summed E-state index contributed by atoms with van der Waals surface area (Å²) in [7, 11) is 1.65. The predicted molar refractivity (Wildman–Crippen MR) is 95.5 cm³/mol. The minimum atomic E-state index is -0.122. The number of ether oxygens (including phenoxy) is 1. The minimum absolute atomic E-state index is 0.0750. The van der Waals surface area contributed by atoms with E-state index in [0.29, 0.717) is 11.1 Å². The maximum absolute atomic E-state index is 12.4. The Morgan fingerprint density at radius 2 is 1.96 bits per heavy atom. The highest BCUT2D eigenvalue weighted by Gasteiger charge is 2.17. The number of nitrogens with one attached hydrogen (secondary N) is 1. The summed E-state index contributed by atoms with van der Waals surface area (Å²) in [5.41, 5.74) is 4.30. The number of methoxy groups -OCH3 is 1. The number of aryl methyl sites for hydroxylation is 1. The van der Waals surface area contributed by atoms with Gasteiger partial charge in [0.05, 0.1) is 18.9 Å². The number of hydrogen-bond acceptors (Lipinski definition) is 3. The molecule has 0 aliphatic heterocycles. The Balaban J connectivity index is 2.10. The molecule has 3 rings (SSSR count). The van der Waals surface area contributed by atoms with Crippen molar-refractivity contribution >= 4 is 16.9 Å². The van der Waals surface area contributed by atoms with Crippen molar-refractivity contribution in [2.75, 3.05) is 7.11 Å². The van der Waals surface area contributed by atoms with Gasteiger partial charge in [0, 0.05) is 17.0 Å². The fourth-order valence-corrected chi connectivity index (χ4v) is 2.85. The predicted octanol–water partition coefficient (Wildman–Crippen LogP) is 4.56. The van der Waals surface area contributed by atoms with Gasteiger partial charge in [0.1, 0.15) is 11.3 Å². The molecular weight excluding hydrogens is 302 g/mol. The number of carbonyl (C=O) groups excluding carboxylic acids is 1. The second-order valence-corrected chi connectivity index (χ2v) is 6.14. The first-order chi connectivity index (χ1) is 11.5. The van der Waals surface area contributed by atoms with Crippen molar-refractivity contribution in [3.63, 3.8) is 0 Å². The van der Waals surface area contributed by atoms with Gasteiger partial charge in [-0.2, -0.15) is 0 Å². The lowest BCUT2D eigenvalue weighted by Gasteiger charge is -2.09. The van der Waals surface area contributed by atoms with Gasteiger partial charge in [-0.3, -0.25) is 4.79 Å². The van der Waals surface area contributed by atoms with Gasteiger partial charge in [0.15, 0.2) is 0 Å². The monoisotopic (exact) mass is 323 g/mol. The fourth-order valence-electron chi connectivity index (χ4n) is 2.85. The zero-order chi connectivity index (χ0) is 17.3. The normalized spacial score (nSPS) is 11.0. The molecular formula is C20H21NO3. The van der Waals surface area contributed by atoms with E-state index in [1.807, 2.05) is 51.1 Å². The molecule has 0 radical (unpaired) electrons. The molecule has 0 spiro atoms. The summed E-state index contributed by atoms with van der Waals surface area (Å²) in [6, 6.07) is 11.7. The quantitative estimate of drug-likeness (QED) is 0.766. The van der Waals surface area contributed by atoms with Crippen LogP contribution in [-0.2, 0) is 0 Å². The van der Waals surface area contributed by atoms with Gasteiger partial charge in [-0.15, -0.1) is 0 Å². The van der Waals surface area contributed by atoms with Gasteiger partial charge >= 0.3 is 0 Å². The van der Waals surface area contributed by atoms with Gasteiger partial charge in [0.25, 0.3) is 5.91 Å². The Hall–Kier alpha value is -2.75. The number of furan rings is 1. The fraction of sp³-hybridized carbons (Fsp3) is 0.250. The van der Waals surface area contributed by atoms with Gasteiger partial charge in [0.2, 0.25) is 0 Å². The van der Waals surface area contributed by atoms with E-state index in [0.717, 1.165) is 27.8 Å². The molecule has 0 aliphatic carbocycles. The van der Waals surface area contributed by atoms with E-state index in [4.69, 9.17) is 9.15 Å². The first kappa shape index (κ1) is 16.1. The number of carbonyl (C=O) groups is 1. The van der Waals surface area contributed by atoms with E-state index in [9.17, 15) is 4.79 Å². The number of para-hydroxylation sites is 1. The van der Waals surface area contributed by atoms with Crippen LogP contribution in [-0.4, -0.2) is 19.1 Å². The van der Waals surface area contributed by atoms with Crippen LogP contribution in [0.3, 0.4) is 0 Å². The highest BCUT2D eigenvalue weighted by molar-refractivity contribution is 6.08. The van der Waals surface area contributed by atoms with Gasteiger partial charge in [-0.05, 0) is 50.1 Å². The number of rotatable bonds is 4. The molecule has 1 aromatic heterocycles. The lowest BCUT2D eigenvalue weighted by Crippen LogP contribution is -2.30. The topological polar surface area (TPSA) is 51.5 Å². The molecule has 0 saturated carbocycles. The van der Waals surface area contributed by atoms with E-state index in [1.165, 1.54) is 0 Å². The smallest absolute Gasteiger partial charge is 0.255 e. The first-order valence-electron chi connectivity index (χ1n) is 7.97. The maximum atomic E-state index is 12.4. The molecule has 0 bridgehead atoms. The van der Waals surface area contributed by atoms with E-state index in [2.05, 4.69) is 5.32 Å². The van der Waals surface area contributed by atoms with Crippen molar-refractivity contribution in [2.45, 2.75) is 26.8 Å². The third-order valence-corrected chi connectivity index (χ3v) is 3.99. The highest BCUT2D eigenvalue weighted by atomic mass is 16.5. The van der Waals surface area contributed by atoms with Crippen LogP contribution >= 0.6 is 0 Å². The minimum Gasteiger partial charge on any atom is -0.497 e. The van der Waals surface area contributed by atoms with Crippen LogP contribution in [0.1, 0.15) is 29.8 Å². The van der Waals surface area contributed by atoms with E-state index < -0.39 is 0 Å². The summed E-state index contributed by atoms with van der Waals surface area (Å²) in [5.74, 6) is 0.698. The zero-order valence-corrected chi connectivity index (χ0v) is 14.3. The lowest BCUT2D eigenvalue weighted by molar-refractivity contribution is 0.0944. The molecule has 3 aromatic rings. The molecule has 0 saturated heterocycles. The zero-order valence-electron chi connectivity index (χ0n) is 14.3. The molecule has 0 unspecified atom stereocenters. The average Bonchev–Trinajstić information content (AvgIpc) is 2.97. The number of hydrogen-bond donors (Lipinski definition) is 1. The number of benzene rings is 2. The largest absolute Gasteiger partial charge is 0.497 e. The van der Waals surface area contributed by atoms with Crippen LogP contribution in [0.5, 0.6) is 5.75 Å². The molecule has 24 heavy (non-hydrogen) atoms. The second kappa shape index (κ2) is 6.40. The third kappa shape index (κ3) is 2.87. The van der Waals surface area contributed by atoms with E-state index >= 15 is 0 Å². The van der Waals surface area contributed by atoms with Gasteiger partial charge in [-0.1, -0.05) is 18.2 Å². The summed E-state index contributed by atoms with van der Waals surface area (Å²) in [4.78, 5) is 12.4. The molecule has 0 aliphatic rings. The summed E-state index contributed by atoms with van der Waals surface area (Å²) < 4.78 is 11.0. The van der Waals surface area contributed by atoms with Crippen molar-refractivity contribution in [2.24, 2.45) is 0 Å². The van der Waals surface area contributed by atoms with Crippen molar-refractivity contribution in [3.05, 3.63) is 53.8 Å². The molecule has 4 nitrogen and oxygen atoms in total. The Morgan fingerprint density at radius 3 is 2.62 bits per heavy atom. The number of fused-ring (bicyclic) bond motifs is 1. The third-order valence-electron chi connectivity index (χ3n) is 3.99. The Kier molecular flexibility index (Phi) is 4.30. The standard InChI is InChI=1S/C20H21NO3/c1-12(2)21-20(22)17-7-5-6-16-18(11-24-19(16)17)15-9-8-14(23-4)10-13(15)3/h5-12H,1-4H3,(H,21,22). The van der Waals surface area contributed by atoms with Crippen LogP contribution in [0.15, 0.2) is 47.1 Å². The van der Waals surface area contributed by atoms with Crippen molar-refractivity contribution in [1.82, 2.24) is 5.32 Å². The Morgan fingerprint density at radius 1 is 1.17 bits per heavy atom. The Bertz CT molecular complexity index is 893. The van der Waals surface area contributed by atoms with Crippen LogP contribution in [0, 0.1) is 6.92 Å². The molecule has 1 N–H and O–H groups in total. The first-order valence-corrected chi connectivity index (χ1v) is 7.97. The molecule has 1 heterocycles. The summed E-state index contributed by atoms with van der Waals surface area (Å²) in [6.45, 7) is 5.91. The summed E-state index contributed by atoms with van der Waals surface area (Å²) in [6.07, 6.45) is 1.71. The van der Waals surface area contributed by atoms with Crippen LogP contribution in [0.2, 0.25) is 0 Å². The molecule has 0 atom stereocenters. The summed E-state index contributed by atoms with van der Waals surface area (Å²) in [5, 5.41) is 3.84. The molecule has 124 valence electrons. The Labute approximate surface area is 141 Å². The van der Waals surface area contributed by atoms with E-state index in [-0.39, 0.29) is 11.9 Å². The number of amides is 1. The second-order valence-electron chi connectivity index (χ2n) is 6.14. The van der Waals surface area contributed by atoms with Crippen molar-refractivity contribution in [1.29, 1.82) is 0 Å². The molecule has 4 heteroatoms. The maximum Gasteiger partial charge on any atom is 0.255 e. The molecule has 2 aromatic carbocycles. The molecule has 0 fully saturated rings. The van der Waals surface area contributed by atoms with Gasteiger partial charge in [-0.25, -0.2) is 0 Å². The van der Waals surface area contributed by atoms with Gasteiger partial charge < -0.3 is 14.5 Å². The van der Waals surface area contributed by atoms with Crippen LogP contribution in [0.4, 0.5) is 0 Å².